The maximum atomic E-state index is 13.1. The van der Waals surface area contributed by atoms with Crippen molar-refractivity contribution in [2.24, 2.45) is 0 Å². The van der Waals surface area contributed by atoms with Crippen LogP contribution in [0.2, 0.25) is 0 Å². The van der Waals surface area contributed by atoms with Gasteiger partial charge in [0.1, 0.15) is 17.3 Å². The molecular formula is C19H22FN5O. The molecule has 0 saturated heterocycles. The summed E-state index contributed by atoms with van der Waals surface area (Å²) >= 11 is 0. The van der Waals surface area contributed by atoms with Gasteiger partial charge in [-0.1, -0.05) is 12.1 Å². The Kier molecular flexibility index (Phi) is 5.46. The third kappa shape index (κ3) is 4.17. The number of amides is 1. The molecule has 0 saturated carbocycles. The molecule has 2 aromatic heterocycles. The minimum Gasteiger partial charge on any atom is -0.350 e. The third-order valence-corrected chi connectivity index (χ3v) is 4.22. The molecule has 0 aliphatic carbocycles. The highest BCUT2D eigenvalue weighted by molar-refractivity contribution is 5.92. The van der Waals surface area contributed by atoms with Crippen molar-refractivity contribution in [3.8, 4) is 0 Å². The van der Waals surface area contributed by atoms with Gasteiger partial charge in [-0.2, -0.15) is 5.10 Å². The van der Waals surface area contributed by atoms with Gasteiger partial charge >= 0.3 is 0 Å². The van der Waals surface area contributed by atoms with E-state index in [4.69, 9.17) is 0 Å². The van der Waals surface area contributed by atoms with Crippen molar-refractivity contribution < 1.29 is 9.18 Å². The van der Waals surface area contributed by atoms with E-state index < -0.39 is 0 Å². The Bertz CT molecular complexity index is 882. The number of hydrogen-bond donors (Lipinski definition) is 1. The molecule has 3 aromatic rings. The summed E-state index contributed by atoms with van der Waals surface area (Å²) in [5, 5.41) is 7.07. The van der Waals surface area contributed by atoms with Crippen molar-refractivity contribution in [3.05, 3.63) is 71.3 Å². The van der Waals surface area contributed by atoms with Gasteiger partial charge in [0.2, 0.25) is 0 Å². The molecule has 26 heavy (non-hydrogen) atoms. The lowest BCUT2D eigenvalue weighted by molar-refractivity contribution is 0.0948. The van der Waals surface area contributed by atoms with E-state index >= 15 is 0 Å². The number of nitrogens with one attached hydrogen (secondary N) is 1. The van der Waals surface area contributed by atoms with Crippen molar-refractivity contribution in [3.63, 3.8) is 0 Å². The third-order valence-electron chi connectivity index (χ3n) is 4.22. The zero-order valence-corrected chi connectivity index (χ0v) is 14.9. The second kappa shape index (κ2) is 7.95. The molecule has 0 fully saturated rings. The maximum Gasteiger partial charge on any atom is 0.271 e. The lowest BCUT2D eigenvalue weighted by Crippen LogP contribution is -2.27. The van der Waals surface area contributed by atoms with Crippen LogP contribution in [0.1, 0.15) is 34.5 Å². The van der Waals surface area contributed by atoms with Crippen LogP contribution in [0.4, 0.5) is 4.39 Å². The van der Waals surface area contributed by atoms with Gasteiger partial charge < -0.3 is 9.88 Å². The van der Waals surface area contributed by atoms with Gasteiger partial charge in [-0.15, -0.1) is 0 Å². The van der Waals surface area contributed by atoms with Crippen LogP contribution >= 0.6 is 0 Å². The largest absolute Gasteiger partial charge is 0.350 e. The molecule has 0 aliphatic heterocycles. The number of aryl methyl sites for hydroxylation is 2. The fourth-order valence-electron chi connectivity index (χ4n) is 2.74. The standard InChI is InChI=1S/C19H22FN5O/c1-3-24-11-9-17(23-24)19(26)21-10-8-18-22-12-14(2)25(18)13-15-4-6-16(20)7-5-15/h4-7,9,11-12H,3,8,10,13H2,1-2H3,(H,21,26). The average molecular weight is 355 g/mol. The summed E-state index contributed by atoms with van der Waals surface area (Å²) in [5.41, 5.74) is 2.44. The zero-order valence-electron chi connectivity index (χ0n) is 14.9. The van der Waals surface area contributed by atoms with E-state index in [1.54, 1.807) is 29.1 Å². The highest BCUT2D eigenvalue weighted by Crippen LogP contribution is 2.11. The Hall–Kier alpha value is -2.96. The van der Waals surface area contributed by atoms with Crippen molar-refractivity contribution in [2.45, 2.75) is 33.4 Å². The van der Waals surface area contributed by atoms with E-state index in [9.17, 15) is 9.18 Å². The molecule has 0 radical (unpaired) electrons. The van der Waals surface area contributed by atoms with Crippen LogP contribution in [-0.2, 0) is 19.5 Å². The highest BCUT2D eigenvalue weighted by Gasteiger charge is 2.11. The van der Waals surface area contributed by atoms with Crippen LogP contribution in [0.5, 0.6) is 0 Å². The predicted octanol–water partition coefficient (Wildman–Crippen LogP) is 2.57. The summed E-state index contributed by atoms with van der Waals surface area (Å²) in [4.78, 5) is 16.6. The lowest BCUT2D eigenvalue weighted by atomic mass is 10.2. The van der Waals surface area contributed by atoms with E-state index in [1.807, 2.05) is 20.0 Å². The SMILES string of the molecule is CCn1ccc(C(=O)NCCc2ncc(C)n2Cc2ccc(F)cc2)n1. The number of hydrogen-bond acceptors (Lipinski definition) is 3. The molecule has 0 atom stereocenters. The molecule has 0 bridgehead atoms. The first-order valence-electron chi connectivity index (χ1n) is 8.64. The van der Waals surface area contributed by atoms with E-state index in [2.05, 4.69) is 20.0 Å². The Balaban J connectivity index is 1.60. The normalized spacial score (nSPS) is 10.9. The summed E-state index contributed by atoms with van der Waals surface area (Å²) in [6.45, 7) is 5.77. The molecule has 1 amide bonds. The van der Waals surface area contributed by atoms with Gasteiger partial charge in [0.25, 0.3) is 5.91 Å². The Morgan fingerprint density at radius 1 is 1.23 bits per heavy atom. The Morgan fingerprint density at radius 2 is 2.00 bits per heavy atom. The van der Waals surface area contributed by atoms with Crippen molar-refractivity contribution >= 4 is 5.91 Å². The quantitative estimate of drug-likeness (QED) is 0.708. The lowest BCUT2D eigenvalue weighted by Gasteiger charge is -2.11. The van der Waals surface area contributed by atoms with Gasteiger partial charge in [0.15, 0.2) is 0 Å². The van der Waals surface area contributed by atoms with Crippen LogP contribution in [0.15, 0.2) is 42.7 Å². The van der Waals surface area contributed by atoms with Gasteiger partial charge in [0, 0.05) is 44.1 Å². The number of imidazole rings is 1. The fraction of sp³-hybridized carbons (Fsp3) is 0.316. The predicted molar refractivity (Wildman–Crippen MR) is 96.4 cm³/mol. The molecule has 0 unspecified atom stereocenters. The number of aromatic nitrogens is 4. The van der Waals surface area contributed by atoms with Crippen molar-refractivity contribution in [2.75, 3.05) is 6.54 Å². The Labute approximate surface area is 151 Å². The number of carbonyl (C=O) groups excluding carboxylic acids is 1. The monoisotopic (exact) mass is 355 g/mol. The van der Waals surface area contributed by atoms with Crippen LogP contribution in [-0.4, -0.2) is 31.8 Å². The molecule has 2 heterocycles. The first kappa shape index (κ1) is 17.8. The van der Waals surface area contributed by atoms with Crippen LogP contribution in [0.3, 0.4) is 0 Å². The summed E-state index contributed by atoms with van der Waals surface area (Å²) in [7, 11) is 0. The number of rotatable bonds is 7. The highest BCUT2D eigenvalue weighted by atomic mass is 19.1. The van der Waals surface area contributed by atoms with Crippen molar-refractivity contribution in [1.82, 2.24) is 24.6 Å². The van der Waals surface area contributed by atoms with Crippen LogP contribution < -0.4 is 5.32 Å². The smallest absolute Gasteiger partial charge is 0.271 e. The first-order chi connectivity index (χ1) is 12.6. The van der Waals surface area contributed by atoms with Gasteiger partial charge in [-0.05, 0) is 37.6 Å². The fourth-order valence-corrected chi connectivity index (χ4v) is 2.74. The summed E-state index contributed by atoms with van der Waals surface area (Å²) in [6.07, 6.45) is 4.20. The summed E-state index contributed by atoms with van der Waals surface area (Å²) in [5.74, 6) is 0.446. The minimum absolute atomic E-state index is 0.189. The molecule has 0 aliphatic rings. The first-order valence-corrected chi connectivity index (χ1v) is 8.64. The minimum atomic E-state index is -0.246. The maximum absolute atomic E-state index is 13.1. The molecule has 3 rings (SSSR count). The number of benzene rings is 1. The molecule has 0 spiro atoms. The topological polar surface area (TPSA) is 64.7 Å². The van der Waals surface area contributed by atoms with E-state index in [0.29, 0.717) is 25.2 Å². The molecule has 6 nitrogen and oxygen atoms in total. The van der Waals surface area contributed by atoms with E-state index in [0.717, 1.165) is 23.6 Å². The Morgan fingerprint density at radius 3 is 2.69 bits per heavy atom. The molecule has 1 aromatic carbocycles. The van der Waals surface area contributed by atoms with Crippen molar-refractivity contribution in [1.29, 1.82) is 0 Å². The second-order valence-electron chi connectivity index (χ2n) is 6.09. The van der Waals surface area contributed by atoms with E-state index in [1.165, 1.54) is 12.1 Å². The van der Waals surface area contributed by atoms with E-state index in [-0.39, 0.29) is 11.7 Å². The summed E-state index contributed by atoms with van der Waals surface area (Å²) in [6, 6.07) is 8.15. The zero-order chi connectivity index (χ0) is 18.5. The number of halogens is 1. The summed E-state index contributed by atoms with van der Waals surface area (Å²) < 4.78 is 16.9. The molecule has 7 heteroatoms. The van der Waals surface area contributed by atoms with Gasteiger partial charge in [0.05, 0.1) is 0 Å². The van der Waals surface area contributed by atoms with Crippen LogP contribution in [0, 0.1) is 12.7 Å². The number of carbonyl (C=O) groups is 1. The number of nitrogens with zero attached hydrogens (tertiary/aromatic N) is 4. The molecule has 136 valence electrons. The second-order valence-corrected chi connectivity index (χ2v) is 6.09. The van der Waals surface area contributed by atoms with Crippen LogP contribution in [0.25, 0.3) is 0 Å². The average Bonchev–Trinajstić information content (AvgIpc) is 3.25. The molecular weight excluding hydrogens is 333 g/mol. The molecule has 1 N–H and O–H groups in total. The van der Waals surface area contributed by atoms with Gasteiger partial charge in [-0.25, -0.2) is 9.37 Å². The van der Waals surface area contributed by atoms with Gasteiger partial charge in [-0.3, -0.25) is 9.48 Å².